The number of carbonyl (C=O) groups is 1. The first-order chi connectivity index (χ1) is 13.0. The summed E-state index contributed by atoms with van der Waals surface area (Å²) in [6.07, 6.45) is 2.72. The van der Waals surface area contributed by atoms with Crippen LogP contribution in [0.25, 0.3) is 10.9 Å². The molecule has 4 rings (SSSR count). The van der Waals surface area contributed by atoms with Gasteiger partial charge in [0.25, 0.3) is 0 Å². The number of hydrogen-bond acceptors (Lipinski definition) is 3. The molecule has 3 heterocycles. The average molecular weight is 384 g/mol. The lowest BCUT2D eigenvalue weighted by Crippen LogP contribution is -2.28. The van der Waals surface area contributed by atoms with Crippen molar-refractivity contribution < 1.29 is 9.90 Å². The Morgan fingerprint density at radius 2 is 2.19 bits per heavy atom. The fourth-order valence-electron chi connectivity index (χ4n) is 4.08. The number of likely N-dealkylation sites (N-methyl/N-ethyl adjacent to an activating group) is 1. The molecule has 0 fully saturated rings. The SMILES string of the molecule is CN1CCc2c(c3cc(Cl)ccc3n2CC(CC(=O)O)c2ccccn2)C1. The minimum atomic E-state index is -0.807. The first-order valence-corrected chi connectivity index (χ1v) is 9.51. The van der Waals surface area contributed by atoms with Crippen LogP contribution in [-0.4, -0.2) is 39.1 Å². The number of nitrogens with zero attached hydrogens (tertiary/aromatic N) is 3. The van der Waals surface area contributed by atoms with Crippen molar-refractivity contribution in [3.8, 4) is 0 Å². The Hall–Kier alpha value is -2.37. The van der Waals surface area contributed by atoms with Crippen molar-refractivity contribution in [2.45, 2.75) is 31.8 Å². The van der Waals surface area contributed by atoms with Gasteiger partial charge in [-0.3, -0.25) is 9.78 Å². The average Bonchev–Trinajstić information content (AvgIpc) is 2.94. The van der Waals surface area contributed by atoms with Gasteiger partial charge in [-0.2, -0.15) is 0 Å². The molecule has 0 bridgehead atoms. The summed E-state index contributed by atoms with van der Waals surface area (Å²) in [5, 5.41) is 11.3. The van der Waals surface area contributed by atoms with Gasteiger partial charge in [0.05, 0.1) is 6.42 Å². The van der Waals surface area contributed by atoms with E-state index in [2.05, 4.69) is 21.5 Å². The summed E-state index contributed by atoms with van der Waals surface area (Å²) in [6, 6.07) is 11.7. The number of pyridine rings is 1. The highest BCUT2D eigenvalue weighted by Gasteiger charge is 2.25. The van der Waals surface area contributed by atoms with Crippen LogP contribution in [0.2, 0.25) is 5.02 Å². The maximum atomic E-state index is 11.5. The number of benzene rings is 1. The van der Waals surface area contributed by atoms with Crippen molar-refractivity contribution in [3.63, 3.8) is 0 Å². The Balaban J connectivity index is 1.81. The molecule has 0 saturated heterocycles. The summed E-state index contributed by atoms with van der Waals surface area (Å²) in [4.78, 5) is 18.2. The van der Waals surface area contributed by atoms with Gasteiger partial charge in [0.15, 0.2) is 0 Å². The van der Waals surface area contributed by atoms with Crippen LogP contribution in [0.15, 0.2) is 42.6 Å². The summed E-state index contributed by atoms with van der Waals surface area (Å²) in [5.74, 6) is -0.988. The highest BCUT2D eigenvalue weighted by Crippen LogP contribution is 2.34. The van der Waals surface area contributed by atoms with Gasteiger partial charge in [0.1, 0.15) is 0 Å². The molecular weight excluding hydrogens is 362 g/mol. The van der Waals surface area contributed by atoms with E-state index in [1.807, 2.05) is 36.4 Å². The molecule has 0 saturated carbocycles. The molecule has 3 aromatic rings. The van der Waals surface area contributed by atoms with E-state index in [1.54, 1.807) is 6.20 Å². The third kappa shape index (κ3) is 3.57. The van der Waals surface area contributed by atoms with E-state index in [0.29, 0.717) is 6.54 Å². The third-order valence-electron chi connectivity index (χ3n) is 5.34. The molecule has 1 aliphatic rings. The van der Waals surface area contributed by atoms with Gasteiger partial charge in [0.2, 0.25) is 0 Å². The predicted molar refractivity (Wildman–Crippen MR) is 106 cm³/mol. The zero-order valence-corrected chi connectivity index (χ0v) is 16.0. The quantitative estimate of drug-likeness (QED) is 0.725. The number of carboxylic acid groups (broad SMARTS) is 1. The first kappa shape index (κ1) is 18.0. The van der Waals surface area contributed by atoms with Crippen molar-refractivity contribution in [1.82, 2.24) is 14.5 Å². The molecule has 1 aromatic carbocycles. The fourth-order valence-corrected chi connectivity index (χ4v) is 4.25. The second kappa shape index (κ2) is 7.33. The van der Waals surface area contributed by atoms with Crippen molar-refractivity contribution in [2.24, 2.45) is 0 Å². The van der Waals surface area contributed by atoms with Crippen LogP contribution in [0.1, 0.15) is 29.3 Å². The van der Waals surface area contributed by atoms with Crippen LogP contribution in [0, 0.1) is 0 Å². The lowest BCUT2D eigenvalue weighted by molar-refractivity contribution is -0.137. The molecule has 2 aromatic heterocycles. The van der Waals surface area contributed by atoms with Crippen LogP contribution in [-0.2, 0) is 24.3 Å². The van der Waals surface area contributed by atoms with E-state index in [9.17, 15) is 9.90 Å². The molecule has 0 amide bonds. The molecule has 1 N–H and O–H groups in total. The van der Waals surface area contributed by atoms with Crippen molar-refractivity contribution in [1.29, 1.82) is 0 Å². The van der Waals surface area contributed by atoms with Gasteiger partial charge >= 0.3 is 5.97 Å². The summed E-state index contributed by atoms with van der Waals surface area (Å²) < 4.78 is 2.29. The van der Waals surface area contributed by atoms with Crippen LogP contribution < -0.4 is 0 Å². The molecule has 0 radical (unpaired) electrons. The van der Waals surface area contributed by atoms with E-state index in [1.165, 1.54) is 16.6 Å². The molecule has 1 aliphatic heterocycles. The highest BCUT2D eigenvalue weighted by molar-refractivity contribution is 6.31. The van der Waals surface area contributed by atoms with Crippen molar-refractivity contribution in [3.05, 3.63) is 64.6 Å². The van der Waals surface area contributed by atoms with E-state index in [-0.39, 0.29) is 12.3 Å². The Kier molecular flexibility index (Phi) is 4.89. The maximum Gasteiger partial charge on any atom is 0.304 e. The summed E-state index contributed by atoms with van der Waals surface area (Å²) in [6.45, 7) is 2.47. The topological polar surface area (TPSA) is 58.4 Å². The van der Waals surface area contributed by atoms with Crippen LogP contribution in [0.5, 0.6) is 0 Å². The molecule has 1 unspecified atom stereocenters. The number of aromatic nitrogens is 2. The second-order valence-electron chi connectivity index (χ2n) is 7.23. The largest absolute Gasteiger partial charge is 0.481 e. The summed E-state index contributed by atoms with van der Waals surface area (Å²) in [7, 11) is 2.12. The molecule has 140 valence electrons. The molecule has 1 atom stereocenters. The Bertz CT molecular complexity index is 984. The molecule has 0 spiro atoms. The van der Waals surface area contributed by atoms with Gasteiger partial charge < -0.3 is 14.6 Å². The van der Waals surface area contributed by atoms with Crippen LogP contribution >= 0.6 is 11.6 Å². The Labute approximate surface area is 163 Å². The smallest absolute Gasteiger partial charge is 0.304 e. The van der Waals surface area contributed by atoms with Gasteiger partial charge in [-0.15, -0.1) is 0 Å². The number of rotatable bonds is 5. The zero-order chi connectivity index (χ0) is 19.0. The van der Waals surface area contributed by atoms with Crippen molar-refractivity contribution >= 4 is 28.5 Å². The van der Waals surface area contributed by atoms with Gasteiger partial charge in [-0.05, 0) is 42.9 Å². The molecular formula is C21H22ClN3O2. The lowest BCUT2D eigenvalue weighted by atomic mass is 10.00. The minimum absolute atomic E-state index is 0.0545. The summed E-state index contributed by atoms with van der Waals surface area (Å²) >= 11 is 6.27. The molecule has 0 aliphatic carbocycles. The van der Waals surface area contributed by atoms with E-state index in [0.717, 1.165) is 35.7 Å². The third-order valence-corrected chi connectivity index (χ3v) is 5.57. The lowest BCUT2D eigenvalue weighted by Gasteiger charge is -2.25. The number of halogens is 1. The first-order valence-electron chi connectivity index (χ1n) is 9.13. The standard InChI is InChI=1S/C21H22ClN3O2/c1-24-9-7-20-17(13-24)16-11-15(22)5-6-19(16)25(20)12-14(10-21(26)27)18-4-2-3-8-23-18/h2-6,8,11,14H,7,9-10,12-13H2,1H3,(H,26,27). The van der Waals surface area contributed by atoms with E-state index in [4.69, 9.17) is 11.6 Å². The summed E-state index contributed by atoms with van der Waals surface area (Å²) in [5.41, 5.74) is 4.52. The fraction of sp³-hybridized carbons (Fsp3) is 0.333. The number of carboxylic acids is 1. The maximum absolute atomic E-state index is 11.5. The zero-order valence-electron chi connectivity index (χ0n) is 15.2. The van der Waals surface area contributed by atoms with Crippen LogP contribution in [0.4, 0.5) is 0 Å². The van der Waals surface area contributed by atoms with E-state index < -0.39 is 5.97 Å². The minimum Gasteiger partial charge on any atom is -0.481 e. The monoisotopic (exact) mass is 383 g/mol. The highest BCUT2D eigenvalue weighted by atomic mass is 35.5. The van der Waals surface area contributed by atoms with Gasteiger partial charge in [-0.1, -0.05) is 17.7 Å². The number of aliphatic carboxylic acids is 1. The van der Waals surface area contributed by atoms with Gasteiger partial charge in [0, 0.05) is 65.5 Å². The van der Waals surface area contributed by atoms with Gasteiger partial charge in [-0.25, -0.2) is 0 Å². The normalized spacial score (nSPS) is 15.6. The molecule has 27 heavy (non-hydrogen) atoms. The van der Waals surface area contributed by atoms with Crippen LogP contribution in [0.3, 0.4) is 0 Å². The Morgan fingerprint density at radius 3 is 2.93 bits per heavy atom. The Morgan fingerprint density at radius 1 is 1.33 bits per heavy atom. The molecule has 6 heteroatoms. The second-order valence-corrected chi connectivity index (χ2v) is 7.67. The predicted octanol–water partition coefficient (Wildman–Crippen LogP) is 3.94. The number of fused-ring (bicyclic) bond motifs is 3. The molecule has 5 nitrogen and oxygen atoms in total. The number of hydrogen-bond donors (Lipinski definition) is 1. The van der Waals surface area contributed by atoms with E-state index >= 15 is 0 Å². The van der Waals surface area contributed by atoms with Crippen molar-refractivity contribution in [2.75, 3.05) is 13.6 Å².